The summed E-state index contributed by atoms with van der Waals surface area (Å²) in [4.78, 5) is 0.461. The van der Waals surface area contributed by atoms with Gasteiger partial charge in [-0.1, -0.05) is 12.8 Å². The lowest BCUT2D eigenvalue weighted by atomic mass is 10.2. The maximum absolute atomic E-state index is 11.9. The second kappa shape index (κ2) is 4.55. The first-order chi connectivity index (χ1) is 7.09. The predicted molar refractivity (Wildman–Crippen MR) is 66.0 cm³/mol. The number of hydrogen-bond donors (Lipinski definition) is 0. The highest BCUT2D eigenvalue weighted by atomic mass is 79.9. The van der Waals surface area contributed by atoms with Crippen LogP contribution in [0, 0.1) is 5.92 Å². The molecule has 0 spiro atoms. The topological polar surface area (TPSA) is 34.1 Å². The Morgan fingerprint density at radius 1 is 1.40 bits per heavy atom. The monoisotopic (exact) mass is 308 g/mol. The van der Waals surface area contributed by atoms with E-state index in [2.05, 4.69) is 15.9 Å². The smallest absolute Gasteiger partial charge is 0.180 e. The molecule has 1 aliphatic rings. The first-order valence-corrected chi connectivity index (χ1v) is 8.43. The van der Waals surface area contributed by atoms with Gasteiger partial charge in [-0.25, -0.2) is 8.42 Å². The van der Waals surface area contributed by atoms with E-state index < -0.39 is 9.84 Å². The van der Waals surface area contributed by atoms with Crippen molar-refractivity contribution in [1.82, 2.24) is 0 Å². The molecule has 1 fully saturated rings. The third-order valence-corrected chi connectivity index (χ3v) is 6.59. The van der Waals surface area contributed by atoms with Crippen LogP contribution in [0.25, 0.3) is 0 Å². The molecule has 1 heterocycles. The van der Waals surface area contributed by atoms with Crippen LogP contribution < -0.4 is 0 Å². The quantitative estimate of drug-likeness (QED) is 0.834. The molecule has 15 heavy (non-hydrogen) atoms. The minimum Gasteiger partial charge on any atom is -0.224 e. The Balaban J connectivity index is 1.96. The van der Waals surface area contributed by atoms with Gasteiger partial charge in [-0.15, -0.1) is 11.3 Å². The van der Waals surface area contributed by atoms with Gasteiger partial charge in [-0.2, -0.15) is 0 Å². The molecule has 0 bridgehead atoms. The van der Waals surface area contributed by atoms with E-state index in [4.69, 9.17) is 0 Å². The Morgan fingerprint density at radius 3 is 2.67 bits per heavy atom. The first-order valence-electron chi connectivity index (χ1n) is 5.04. The molecule has 0 amide bonds. The molecule has 1 aromatic rings. The summed E-state index contributed by atoms with van der Waals surface area (Å²) < 4.78 is 24.5. The number of rotatable bonds is 5. The van der Waals surface area contributed by atoms with Gasteiger partial charge < -0.3 is 0 Å². The lowest BCUT2D eigenvalue weighted by molar-refractivity contribution is 0.588. The van der Waals surface area contributed by atoms with E-state index in [9.17, 15) is 8.42 Å². The lowest BCUT2D eigenvalue weighted by Gasteiger charge is -2.02. The van der Waals surface area contributed by atoms with E-state index in [1.807, 2.05) is 5.38 Å². The highest BCUT2D eigenvalue weighted by Crippen LogP contribution is 2.34. The zero-order valence-corrected chi connectivity index (χ0v) is 11.5. The molecule has 2 nitrogen and oxygen atoms in total. The van der Waals surface area contributed by atoms with Crippen molar-refractivity contribution in [3.63, 3.8) is 0 Å². The maximum atomic E-state index is 11.9. The van der Waals surface area contributed by atoms with Gasteiger partial charge in [0.25, 0.3) is 0 Å². The average Bonchev–Trinajstić information content (AvgIpc) is 2.86. The van der Waals surface area contributed by atoms with Gasteiger partial charge in [0.05, 0.1) is 10.6 Å². The van der Waals surface area contributed by atoms with Crippen molar-refractivity contribution in [2.24, 2.45) is 5.92 Å². The highest BCUT2D eigenvalue weighted by molar-refractivity contribution is 9.10. The summed E-state index contributed by atoms with van der Waals surface area (Å²) in [7, 11) is -3.05. The van der Waals surface area contributed by atoms with Crippen molar-refractivity contribution in [2.45, 2.75) is 30.6 Å². The van der Waals surface area contributed by atoms with Crippen molar-refractivity contribution in [2.75, 3.05) is 5.75 Å². The summed E-state index contributed by atoms with van der Waals surface area (Å²) in [6, 6.07) is 0. The molecule has 0 N–H and O–H groups in total. The number of sulfone groups is 1. The Bertz CT molecular complexity index is 432. The lowest BCUT2D eigenvalue weighted by Crippen LogP contribution is -2.06. The molecule has 1 saturated carbocycles. The fourth-order valence-electron chi connectivity index (χ4n) is 1.57. The van der Waals surface area contributed by atoms with E-state index in [1.54, 1.807) is 5.38 Å². The van der Waals surface area contributed by atoms with E-state index in [1.165, 1.54) is 24.2 Å². The van der Waals surface area contributed by atoms with Crippen LogP contribution in [-0.4, -0.2) is 14.2 Å². The van der Waals surface area contributed by atoms with Crippen molar-refractivity contribution < 1.29 is 8.42 Å². The number of hydrogen-bond acceptors (Lipinski definition) is 3. The van der Waals surface area contributed by atoms with E-state index in [0.29, 0.717) is 15.1 Å². The minimum atomic E-state index is -3.05. The van der Waals surface area contributed by atoms with Gasteiger partial charge in [0.1, 0.15) is 0 Å². The summed E-state index contributed by atoms with van der Waals surface area (Å²) >= 11 is 4.69. The average molecular weight is 309 g/mol. The molecule has 84 valence electrons. The second-order valence-electron chi connectivity index (χ2n) is 3.99. The molecular formula is C10H13BrO2S2. The molecule has 0 saturated heterocycles. The minimum absolute atomic E-state index is 0.291. The predicted octanol–water partition coefficient (Wildman–Crippen LogP) is 3.47. The third kappa shape index (κ3) is 3.04. The summed E-state index contributed by atoms with van der Waals surface area (Å²) in [6.45, 7) is 0. The maximum Gasteiger partial charge on any atom is 0.180 e. The van der Waals surface area contributed by atoms with Gasteiger partial charge in [0, 0.05) is 15.2 Å². The van der Waals surface area contributed by atoms with Crippen LogP contribution in [-0.2, 0) is 9.84 Å². The molecule has 0 unspecified atom stereocenters. The summed E-state index contributed by atoms with van der Waals surface area (Å²) in [5.74, 6) is 1.10. The Kier molecular flexibility index (Phi) is 3.52. The first kappa shape index (κ1) is 11.6. The van der Waals surface area contributed by atoms with Gasteiger partial charge in [-0.3, -0.25) is 0 Å². The zero-order valence-electron chi connectivity index (χ0n) is 8.28. The van der Waals surface area contributed by atoms with Crippen LogP contribution >= 0.6 is 27.3 Å². The normalized spacial score (nSPS) is 16.9. The molecular weight excluding hydrogens is 296 g/mol. The van der Waals surface area contributed by atoms with E-state index in [0.717, 1.165) is 18.8 Å². The summed E-state index contributed by atoms with van der Waals surface area (Å²) in [5, 5.41) is 3.52. The fourth-order valence-corrected chi connectivity index (χ4v) is 5.42. The number of thiophene rings is 1. The zero-order chi connectivity index (χ0) is 10.9. The van der Waals surface area contributed by atoms with Crippen LogP contribution in [0.5, 0.6) is 0 Å². The molecule has 1 aliphatic carbocycles. The van der Waals surface area contributed by atoms with E-state index >= 15 is 0 Å². The summed E-state index contributed by atoms with van der Waals surface area (Å²) in [5.41, 5.74) is 0. The van der Waals surface area contributed by atoms with Crippen LogP contribution in [0.4, 0.5) is 0 Å². The largest absolute Gasteiger partial charge is 0.224 e. The van der Waals surface area contributed by atoms with Crippen LogP contribution in [0.2, 0.25) is 0 Å². The van der Waals surface area contributed by atoms with E-state index in [-0.39, 0.29) is 0 Å². The Morgan fingerprint density at radius 2 is 2.13 bits per heavy atom. The SMILES string of the molecule is O=S(=O)(CCCC1CC1)c1cscc1Br. The third-order valence-electron chi connectivity index (χ3n) is 2.64. The molecule has 1 aromatic heterocycles. The van der Waals surface area contributed by atoms with Crippen molar-refractivity contribution in [1.29, 1.82) is 0 Å². The molecule has 0 atom stereocenters. The van der Waals surface area contributed by atoms with Crippen LogP contribution in [0.3, 0.4) is 0 Å². The Labute approximate surface area is 103 Å². The van der Waals surface area contributed by atoms with Crippen LogP contribution in [0.15, 0.2) is 20.1 Å². The van der Waals surface area contributed by atoms with Crippen molar-refractivity contribution in [3.05, 3.63) is 15.2 Å². The van der Waals surface area contributed by atoms with Crippen molar-refractivity contribution >= 4 is 37.1 Å². The summed E-state index contributed by atoms with van der Waals surface area (Å²) in [6.07, 6.45) is 4.46. The van der Waals surface area contributed by atoms with Gasteiger partial charge in [-0.05, 0) is 34.7 Å². The van der Waals surface area contributed by atoms with Gasteiger partial charge in [0.15, 0.2) is 9.84 Å². The molecule has 0 aromatic carbocycles. The van der Waals surface area contributed by atoms with Crippen molar-refractivity contribution in [3.8, 4) is 0 Å². The number of halogens is 1. The highest BCUT2D eigenvalue weighted by Gasteiger charge is 2.23. The van der Waals surface area contributed by atoms with Crippen LogP contribution in [0.1, 0.15) is 25.7 Å². The molecule has 0 radical (unpaired) electrons. The molecule has 5 heteroatoms. The molecule has 0 aliphatic heterocycles. The van der Waals surface area contributed by atoms with Gasteiger partial charge in [0.2, 0.25) is 0 Å². The second-order valence-corrected chi connectivity index (χ2v) is 7.66. The standard InChI is InChI=1S/C10H13BrO2S2/c11-9-6-14-7-10(9)15(12,13)5-1-2-8-3-4-8/h6-8H,1-5H2. The fraction of sp³-hybridized carbons (Fsp3) is 0.600. The van der Waals surface area contributed by atoms with Gasteiger partial charge >= 0.3 is 0 Å². The molecule has 2 rings (SSSR count). The Hall–Kier alpha value is 0.130.